The van der Waals surface area contributed by atoms with Gasteiger partial charge in [0.15, 0.2) is 0 Å². The molecule has 88 valence electrons. The molecule has 1 unspecified atom stereocenters. The van der Waals surface area contributed by atoms with Gasteiger partial charge in [-0.3, -0.25) is 4.79 Å². The Morgan fingerprint density at radius 3 is 2.76 bits per heavy atom. The van der Waals surface area contributed by atoms with E-state index in [1.807, 2.05) is 44.2 Å². The van der Waals surface area contributed by atoms with E-state index >= 15 is 0 Å². The Bertz CT molecular complexity index is 479. The maximum absolute atomic E-state index is 11.7. The van der Waals surface area contributed by atoms with Crippen LogP contribution in [0.1, 0.15) is 25.8 Å². The number of benzene rings is 1. The number of rotatable bonds is 3. The van der Waals surface area contributed by atoms with Crippen molar-refractivity contribution in [2.45, 2.75) is 20.3 Å². The fourth-order valence-electron chi connectivity index (χ4n) is 2.07. The number of esters is 1. The first-order chi connectivity index (χ1) is 8.22. The zero-order chi connectivity index (χ0) is 12.3. The van der Waals surface area contributed by atoms with E-state index in [4.69, 9.17) is 4.74 Å². The van der Waals surface area contributed by atoms with Gasteiger partial charge in [0, 0.05) is 5.57 Å². The van der Waals surface area contributed by atoms with E-state index < -0.39 is 0 Å². The van der Waals surface area contributed by atoms with Crippen molar-refractivity contribution in [3.05, 3.63) is 47.2 Å². The van der Waals surface area contributed by atoms with Crippen LogP contribution in [0.2, 0.25) is 0 Å². The lowest BCUT2D eigenvalue weighted by molar-refractivity contribution is -0.146. The van der Waals surface area contributed by atoms with Crippen molar-refractivity contribution in [3.63, 3.8) is 0 Å². The van der Waals surface area contributed by atoms with E-state index in [1.54, 1.807) is 0 Å². The molecule has 1 aromatic rings. The quantitative estimate of drug-likeness (QED) is 0.586. The summed E-state index contributed by atoms with van der Waals surface area (Å²) in [5, 5.41) is 0. The van der Waals surface area contributed by atoms with Crippen LogP contribution in [0, 0.1) is 5.92 Å². The van der Waals surface area contributed by atoms with Crippen LogP contribution >= 0.6 is 0 Å². The third-order valence-electron chi connectivity index (χ3n) is 2.97. The van der Waals surface area contributed by atoms with Crippen molar-refractivity contribution in [1.82, 2.24) is 0 Å². The fourth-order valence-corrected chi connectivity index (χ4v) is 2.07. The summed E-state index contributed by atoms with van der Waals surface area (Å²) in [7, 11) is 0. The maximum Gasteiger partial charge on any atom is 0.314 e. The van der Waals surface area contributed by atoms with Crippen LogP contribution in [0.5, 0.6) is 0 Å². The summed E-state index contributed by atoms with van der Waals surface area (Å²) in [5.74, 6) is -0.284. The summed E-state index contributed by atoms with van der Waals surface area (Å²) in [6.07, 6.45) is 0.703. The van der Waals surface area contributed by atoms with Crippen LogP contribution in [0.4, 0.5) is 0 Å². The summed E-state index contributed by atoms with van der Waals surface area (Å²) in [6, 6.07) is 10.1. The van der Waals surface area contributed by atoms with Crippen LogP contribution in [-0.2, 0) is 9.53 Å². The van der Waals surface area contributed by atoms with Crippen LogP contribution in [0.15, 0.2) is 41.6 Å². The van der Waals surface area contributed by atoms with Gasteiger partial charge in [0.05, 0.1) is 12.5 Å². The van der Waals surface area contributed by atoms with Crippen molar-refractivity contribution in [3.8, 4) is 0 Å². The maximum atomic E-state index is 11.7. The van der Waals surface area contributed by atoms with Gasteiger partial charge in [0.1, 0.15) is 0 Å². The molecule has 0 N–H and O–H groups in total. The molecule has 2 nitrogen and oxygen atoms in total. The minimum Gasteiger partial charge on any atom is -0.466 e. The molecule has 2 rings (SSSR count). The monoisotopic (exact) mass is 228 g/mol. The van der Waals surface area contributed by atoms with E-state index in [0.717, 1.165) is 16.7 Å². The molecule has 1 aliphatic rings. The van der Waals surface area contributed by atoms with E-state index in [2.05, 4.69) is 5.73 Å². The average Bonchev–Trinajstić information content (AvgIpc) is 2.73. The molecule has 1 aliphatic carbocycles. The number of hydrogen-bond acceptors (Lipinski definition) is 2. The molecule has 0 heterocycles. The predicted octanol–water partition coefficient (Wildman–Crippen LogP) is 3.20. The SMILES string of the molecule is CCOC(=O)C1CC(c2ccccc2)=C=C1C. The minimum atomic E-state index is -0.148. The Labute approximate surface area is 102 Å². The van der Waals surface area contributed by atoms with Crippen molar-refractivity contribution < 1.29 is 9.53 Å². The molecule has 1 aromatic carbocycles. The standard InChI is InChI=1S/C15H16O2/c1-3-17-15(16)14-10-13(9-11(14)2)12-7-5-4-6-8-12/h4-8,14H,3,10H2,1-2H3. The molecular formula is C15H16O2. The Kier molecular flexibility index (Phi) is 3.46. The lowest BCUT2D eigenvalue weighted by atomic mass is 9.97. The molecule has 1 atom stereocenters. The number of carbonyl (C=O) groups excluding carboxylic acids is 1. The number of carbonyl (C=O) groups is 1. The first-order valence-corrected chi connectivity index (χ1v) is 5.90. The van der Waals surface area contributed by atoms with Gasteiger partial charge in [-0.2, -0.15) is 0 Å². The Morgan fingerprint density at radius 1 is 1.41 bits per heavy atom. The molecule has 0 fully saturated rings. The highest BCUT2D eigenvalue weighted by Gasteiger charge is 2.27. The smallest absolute Gasteiger partial charge is 0.314 e. The lowest BCUT2D eigenvalue weighted by Crippen LogP contribution is -2.17. The van der Waals surface area contributed by atoms with Gasteiger partial charge >= 0.3 is 5.97 Å². The Balaban J connectivity index is 2.17. The second kappa shape index (κ2) is 5.03. The molecule has 2 heteroatoms. The number of ether oxygens (including phenoxy) is 1. The van der Waals surface area contributed by atoms with Crippen molar-refractivity contribution in [2.75, 3.05) is 6.61 Å². The normalized spacial score (nSPS) is 18.6. The largest absolute Gasteiger partial charge is 0.466 e. The lowest BCUT2D eigenvalue weighted by Gasteiger charge is -2.11. The van der Waals surface area contributed by atoms with Gasteiger partial charge in [0.25, 0.3) is 0 Å². The predicted molar refractivity (Wildman–Crippen MR) is 67.3 cm³/mol. The van der Waals surface area contributed by atoms with Crippen LogP contribution in [0.25, 0.3) is 5.57 Å². The van der Waals surface area contributed by atoms with Gasteiger partial charge < -0.3 is 4.74 Å². The van der Waals surface area contributed by atoms with Crippen LogP contribution < -0.4 is 0 Å². The molecule has 0 bridgehead atoms. The second-order valence-electron chi connectivity index (χ2n) is 4.16. The first kappa shape index (κ1) is 11.7. The second-order valence-corrected chi connectivity index (χ2v) is 4.16. The topological polar surface area (TPSA) is 26.3 Å². The van der Waals surface area contributed by atoms with Crippen molar-refractivity contribution in [1.29, 1.82) is 0 Å². The first-order valence-electron chi connectivity index (χ1n) is 5.90. The van der Waals surface area contributed by atoms with Gasteiger partial charge in [-0.15, -0.1) is 5.73 Å². The Hall–Kier alpha value is -1.79. The minimum absolute atomic E-state index is 0.136. The molecule has 0 amide bonds. The van der Waals surface area contributed by atoms with Crippen molar-refractivity contribution >= 4 is 11.5 Å². The highest BCUT2D eigenvalue weighted by Crippen LogP contribution is 2.32. The van der Waals surface area contributed by atoms with E-state index in [-0.39, 0.29) is 11.9 Å². The summed E-state index contributed by atoms with van der Waals surface area (Å²) in [4.78, 5) is 11.7. The number of hydrogen-bond donors (Lipinski definition) is 0. The van der Waals surface area contributed by atoms with E-state index in [0.29, 0.717) is 13.0 Å². The van der Waals surface area contributed by atoms with Gasteiger partial charge in [-0.25, -0.2) is 0 Å². The molecule has 0 saturated heterocycles. The molecule has 0 aromatic heterocycles. The molecular weight excluding hydrogens is 212 g/mol. The fraction of sp³-hybridized carbons (Fsp3) is 0.333. The molecule has 0 aliphatic heterocycles. The Morgan fingerprint density at radius 2 is 2.12 bits per heavy atom. The summed E-state index contributed by atoms with van der Waals surface area (Å²) in [5.41, 5.74) is 6.50. The highest BCUT2D eigenvalue weighted by atomic mass is 16.5. The summed E-state index contributed by atoms with van der Waals surface area (Å²) in [6.45, 7) is 4.21. The zero-order valence-corrected chi connectivity index (χ0v) is 10.2. The summed E-state index contributed by atoms with van der Waals surface area (Å²) >= 11 is 0. The molecule has 0 radical (unpaired) electrons. The van der Waals surface area contributed by atoms with Crippen molar-refractivity contribution in [2.24, 2.45) is 5.92 Å². The molecule has 0 spiro atoms. The van der Waals surface area contributed by atoms with Gasteiger partial charge in [-0.1, -0.05) is 30.3 Å². The van der Waals surface area contributed by atoms with E-state index in [9.17, 15) is 4.79 Å². The zero-order valence-electron chi connectivity index (χ0n) is 10.2. The van der Waals surface area contributed by atoms with Crippen LogP contribution in [0.3, 0.4) is 0 Å². The third-order valence-corrected chi connectivity index (χ3v) is 2.97. The van der Waals surface area contributed by atoms with Gasteiger partial charge in [-0.05, 0) is 31.4 Å². The third kappa shape index (κ3) is 2.48. The average molecular weight is 228 g/mol. The van der Waals surface area contributed by atoms with Crippen LogP contribution in [-0.4, -0.2) is 12.6 Å². The highest BCUT2D eigenvalue weighted by molar-refractivity contribution is 5.82. The van der Waals surface area contributed by atoms with Gasteiger partial charge in [0.2, 0.25) is 0 Å². The van der Waals surface area contributed by atoms with E-state index in [1.165, 1.54) is 0 Å². The molecule has 0 saturated carbocycles. The molecule has 17 heavy (non-hydrogen) atoms. The summed E-state index contributed by atoms with van der Waals surface area (Å²) < 4.78 is 5.07.